The number of hydrogen-bond donors (Lipinski definition) is 2. The average Bonchev–Trinajstić information content (AvgIpc) is 2.12. The fourth-order valence-corrected chi connectivity index (χ4v) is 1.41. The van der Waals surface area contributed by atoms with Crippen molar-refractivity contribution in [3.63, 3.8) is 0 Å². The van der Waals surface area contributed by atoms with Crippen LogP contribution in [0, 0.1) is 0 Å². The Labute approximate surface area is 84.3 Å². The van der Waals surface area contributed by atoms with Crippen molar-refractivity contribution in [2.24, 2.45) is 5.90 Å². The summed E-state index contributed by atoms with van der Waals surface area (Å²) in [7, 11) is 1.48. The number of benzene rings is 1. The molecule has 0 saturated heterocycles. The number of rotatable bonds is 3. The molecule has 1 rings (SSSR count). The smallest absolute Gasteiger partial charge is 0.164 e. The number of methoxy groups -OCH3 is 1. The molecular weight excluding hydrogens is 238 g/mol. The molecule has 1 aromatic carbocycles. The maximum Gasteiger partial charge on any atom is 0.164 e. The van der Waals surface area contributed by atoms with Gasteiger partial charge in [0.25, 0.3) is 0 Å². The second-order valence-electron chi connectivity index (χ2n) is 2.39. The summed E-state index contributed by atoms with van der Waals surface area (Å²) in [5.74, 6) is 5.36. The summed E-state index contributed by atoms with van der Waals surface area (Å²) in [5, 5.41) is 9.61. The van der Waals surface area contributed by atoms with Gasteiger partial charge in [-0.15, -0.1) is 0 Å². The topological polar surface area (TPSA) is 64.7 Å². The molecule has 0 bridgehead atoms. The van der Waals surface area contributed by atoms with E-state index in [4.69, 9.17) is 10.6 Å². The van der Waals surface area contributed by atoms with Gasteiger partial charge in [0.1, 0.15) is 0 Å². The van der Waals surface area contributed by atoms with Gasteiger partial charge in [0.2, 0.25) is 0 Å². The van der Waals surface area contributed by atoms with Crippen molar-refractivity contribution in [2.45, 2.75) is 6.61 Å². The molecule has 0 heterocycles. The van der Waals surface area contributed by atoms with Crippen LogP contribution < -0.4 is 10.6 Å². The van der Waals surface area contributed by atoms with Crippen molar-refractivity contribution >= 4 is 15.9 Å². The van der Waals surface area contributed by atoms with E-state index in [0.29, 0.717) is 11.3 Å². The molecule has 4 nitrogen and oxygen atoms in total. The lowest BCUT2D eigenvalue weighted by Crippen LogP contribution is -2.00. The molecule has 0 radical (unpaired) electrons. The van der Waals surface area contributed by atoms with Crippen molar-refractivity contribution in [1.82, 2.24) is 0 Å². The molecule has 0 saturated carbocycles. The number of ether oxygens (including phenoxy) is 1. The summed E-state index contributed by atoms with van der Waals surface area (Å²) in [6.45, 7) is 0.129. The number of phenols is 1. The molecule has 13 heavy (non-hydrogen) atoms. The highest BCUT2D eigenvalue weighted by atomic mass is 79.9. The minimum absolute atomic E-state index is 0.0438. The lowest BCUT2D eigenvalue weighted by molar-refractivity contribution is 0.121. The first kappa shape index (κ1) is 10.3. The SMILES string of the molecule is COc1ccc(Br)c(CON)c1O. The first-order valence-electron chi connectivity index (χ1n) is 3.56. The number of halogens is 1. The number of hydrogen-bond acceptors (Lipinski definition) is 4. The minimum Gasteiger partial charge on any atom is -0.504 e. The van der Waals surface area contributed by atoms with Crippen molar-refractivity contribution in [3.05, 3.63) is 22.2 Å². The average molecular weight is 248 g/mol. The maximum absolute atomic E-state index is 9.61. The van der Waals surface area contributed by atoms with E-state index in [9.17, 15) is 5.11 Å². The second kappa shape index (κ2) is 4.45. The van der Waals surface area contributed by atoms with Crippen molar-refractivity contribution in [2.75, 3.05) is 7.11 Å². The highest BCUT2D eigenvalue weighted by Gasteiger charge is 2.11. The Morgan fingerprint density at radius 1 is 1.54 bits per heavy atom. The number of phenolic OH excluding ortho intramolecular Hbond substituents is 1. The highest BCUT2D eigenvalue weighted by molar-refractivity contribution is 9.10. The zero-order valence-electron chi connectivity index (χ0n) is 7.08. The molecule has 0 amide bonds. The van der Waals surface area contributed by atoms with Crippen molar-refractivity contribution in [1.29, 1.82) is 0 Å². The lowest BCUT2D eigenvalue weighted by Gasteiger charge is -2.09. The van der Waals surface area contributed by atoms with Crippen LogP contribution >= 0.6 is 15.9 Å². The molecule has 3 N–H and O–H groups in total. The van der Waals surface area contributed by atoms with Crippen LogP contribution in [0.1, 0.15) is 5.56 Å². The Balaban J connectivity index is 3.13. The molecule has 0 unspecified atom stereocenters. The van der Waals surface area contributed by atoms with Crippen molar-refractivity contribution in [3.8, 4) is 11.5 Å². The van der Waals surface area contributed by atoms with E-state index in [2.05, 4.69) is 20.8 Å². The van der Waals surface area contributed by atoms with E-state index in [0.717, 1.165) is 4.47 Å². The molecule has 0 aromatic heterocycles. The fraction of sp³-hybridized carbons (Fsp3) is 0.250. The zero-order valence-corrected chi connectivity index (χ0v) is 8.67. The van der Waals surface area contributed by atoms with Crippen LogP contribution in [0.5, 0.6) is 11.5 Å². The number of aromatic hydroxyl groups is 1. The lowest BCUT2D eigenvalue weighted by atomic mass is 10.2. The molecule has 1 aromatic rings. The van der Waals surface area contributed by atoms with Crippen LogP contribution in [0.4, 0.5) is 0 Å². The summed E-state index contributed by atoms with van der Waals surface area (Å²) in [4.78, 5) is 4.44. The van der Waals surface area contributed by atoms with E-state index in [1.807, 2.05) is 0 Å². The van der Waals surface area contributed by atoms with Crippen LogP contribution in [0.15, 0.2) is 16.6 Å². The Morgan fingerprint density at radius 2 is 2.23 bits per heavy atom. The summed E-state index contributed by atoms with van der Waals surface area (Å²) >= 11 is 3.26. The van der Waals surface area contributed by atoms with Crippen LogP contribution in [-0.4, -0.2) is 12.2 Å². The molecule has 0 aliphatic carbocycles. The molecule has 0 atom stereocenters. The maximum atomic E-state index is 9.61. The third kappa shape index (κ3) is 2.12. The third-order valence-electron chi connectivity index (χ3n) is 1.64. The summed E-state index contributed by atoms with van der Waals surface area (Å²) in [6.07, 6.45) is 0. The highest BCUT2D eigenvalue weighted by Crippen LogP contribution is 2.35. The molecule has 0 aliphatic rings. The Kier molecular flexibility index (Phi) is 3.53. The van der Waals surface area contributed by atoms with E-state index < -0.39 is 0 Å². The van der Waals surface area contributed by atoms with Gasteiger partial charge in [-0.05, 0) is 12.1 Å². The molecule has 0 spiro atoms. The molecule has 0 aliphatic heterocycles. The molecular formula is C8H10BrNO3. The zero-order chi connectivity index (χ0) is 9.84. The van der Waals surface area contributed by atoms with Gasteiger partial charge in [-0.2, -0.15) is 0 Å². The van der Waals surface area contributed by atoms with Crippen LogP contribution in [0.3, 0.4) is 0 Å². The van der Waals surface area contributed by atoms with E-state index in [1.54, 1.807) is 12.1 Å². The van der Waals surface area contributed by atoms with E-state index in [-0.39, 0.29) is 12.4 Å². The number of nitrogens with two attached hydrogens (primary N) is 1. The predicted octanol–water partition coefficient (Wildman–Crippen LogP) is 1.55. The largest absolute Gasteiger partial charge is 0.504 e. The van der Waals surface area contributed by atoms with Gasteiger partial charge in [-0.1, -0.05) is 15.9 Å². The van der Waals surface area contributed by atoms with Gasteiger partial charge in [0.15, 0.2) is 11.5 Å². The Bertz CT molecular complexity index is 304. The van der Waals surface area contributed by atoms with Crippen LogP contribution in [-0.2, 0) is 11.4 Å². The van der Waals surface area contributed by atoms with Gasteiger partial charge in [0.05, 0.1) is 13.7 Å². The Hall–Kier alpha value is -0.780. The molecule has 0 fully saturated rings. The van der Waals surface area contributed by atoms with Gasteiger partial charge in [-0.3, -0.25) is 4.84 Å². The molecule has 5 heteroatoms. The van der Waals surface area contributed by atoms with Crippen LogP contribution in [0.2, 0.25) is 0 Å². The summed E-state index contributed by atoms with van der Waals surface area (Å²) < 4.78 is 5.65. The quantitative estimate of drug-likeness (QED) is 0.796. The third-order valence-corrected chi connectivity index (χ3v) is 2.38. The second-order valence-corrected chi connectivity index (χ2v) is 3.24. The first-order valence-corrected chi connectivity index (χ1v) is 4.36. The van der Waals surface area contributed by atoms with Crippen molar-refractivity contribution < 1.29 is 14.7 Å². The minimum atomic E-state index is 0.0438. The van der Waals surface area contributed by atoms with E-state index in [1.165, 1.54) is 7.11 Å². The van der Waals surface area contributed by atoms with Gasteiger partial charge >= 0.3 is 0 Å². The predicted molar refractivity (Wildman–Crippen MR) is 51.3 cm³/mol. The normalized spacial score (nSPS) is 10.1. The molecule has 72 valence electrons. The Morgan fingerprint density at radius 3 is 2.77 bits per heavy atom. The van der Waals surface area contributed by atoms with Gasteiger partial charge < -0.3 is 9.84 Å². The van der Waals surface area contributed by atoms with Gasteiger partial charge in [0, 0.05) is 10.0 Å². The monoisotopic (exact) mass is 247 g/mol. The van der Waals surface area contributed by atoms with Gasteiger partial charge in [-0.25, -0.2) is 5.90 Å². The standard InChI is InChI=1S/C8H10BrNO3/c1-12-7-3-2-6(9)5(4-13-10)8(7)11/h2-3,11H,4,10H2,1H3. The summed E-state index contributed by atoms with van der Waals surface area (Å²) in [6, 6.07) is 3.41. The fourth-order valence-electron chi connectivity index (χ4n) is 0.976. The first-order chi connectivity index (χ1) is 6.20. The summed E-state index contributed by atoms with van der Waals surface area (Å²) in [5.41, 5.74) is 0.571. The van der Waals surface area contributed by atoms with E-state index >= 15 is 0 Å². The van der Waals surface area contributed by atoms with Crippen LogP contribution in [0.25, 0.3) is 0 Å².